The van der Waals surface area contributed by atoms with Crippen molar-refractivity contribution in [2.75, 3.05) is 13.1 Å². The standard InChI is InChI=1S/C20H28N2.ClH/c1-4-21(5-2)18(3)22(16-19-12-8-6-9-13-19)17-20-14-10-7-11-15-20;/h6-15,18H,4-5,16-17H2,1-3H3;1H. The largest absolute Gasteiger partial charge is 0.289 e. The van der Waals surface area contributed by atoms with Gasteiger partial charge in [-0.25, -0.2) is 0 Å². The van der Waals surface area contributed by atoms with Crippen LogP contribution in [0.15, 0.2) is 60.7 Å². The average molecular weight is 333 g/mol. The number of nitrogens with zero attached hydrogens (tertiary/aromatic N) is 2. The monoisotopic (exact) mass is 332 g/mol. The van der Waals surface area contributed by atoms with Gasteiger partial charge in [-0.1, -0.05) is 74.5 Å². The molecule has 2 aromatic rings. The molecule has 2 rings (SSSR count). The Balaban J connectivity index is 0.00000264. The molecule has 0 aliphatic carbocycles. The van der Waals surface area contributed by atoms with Gasteiger partial charge in [0, 0.05) is 13.1 Å². The Hall–Kier alpha value is -1.35. The fourth-order valence-corrected chi connectivity index (χ4v) is 2.94. The minimum Gasteiger partial charge on any atom is -0.289 e. The van der Waals surface area contributed by atoms with Crippen LogP contribution in [0, 0.1) is 0 Å². The molecule has 1 unspecified atom stereocenters. The molecule has 1 atom stereocenters. The first kappa shape index (κ1) is 19.7. The molecule has 0 N–H and O–H groups in total. The van der Waals surface area contributed by atoms with Crippen molar-refractivity contribution in [2.45, 2.75) is 40.0 Å². The second-order valence-electron chi connectivity index (χ2n) is 5.73. The van der Waals surface area contributed by atoms with Crippen LogP contribution < -0.4 is 0 Å². The zero-order chi connectivity index (χ0) is 15.8. The molecule has 2 nitrogen and oxygen atoms in total. The molecule has 0 saturated carbocycles. The molecular formula is C20H29ClN2. The minimum atomic E-state index is 0. The Kier molecular flexibility index (Phi) is 8.93. The molecule has 0 heterocycles. The minimum absolute atomic E-state index is 0. The lowest BCUT2D eigenvalue weighted by Gasteiger charge is -2.37. The summed E-state index contributed by atoms with van der Waals surface area (Å²) in [6, 6.07) is 21.5. The van der Waals surface area contributed by atoms with Gasteiger partial charge in [0.25, 0.3) is 0 Å². The third-order valence-electron chi connectivity index (χ3n) is 4.33. The van der Waals surface area contributed by atoms with Gasteiger partial charge in [0.15, 0.2) is 0 Å². The van der Waals surface area contributed by atoms with Crippen molar-refractivity contribution in [3.63, 3.8) is 0 Å². The quantitative estimate of drug-likeness (QED) is 0.641. The summed E-state index contributed by atoms with van der Waals surface area (Å²) in [6.07, 6.45) is 0.426. The fourth-order valence-electron chi connectivity index (χ4n) is 2.94. The van der Waals surface area contributed by atoms with Gasteiger partial charge in [-0.3, -0.25) is 9.80 Å². The zero-order valence-electron chi connectivity index (χ0n) is 14.5. The van der Waals surface area contributed by atoms with Crippen molar-refractivity contribution in [1.82, 2.24) is 9.80 Å². The predicted molar refractivity (Wildman–Crippen MR) is 102 cm³/mol. The first-order chi connectivity index (χ1) is 10.7. The maximum absolute atomic E-state index is 2.55. The summed E-state index contributed by atoms with van der Waals surface area (Å²) in [5, 5.41) is 0. The van der Waals surface area contributed by atoms with Crippen molar-refractivity contribution >= 4 is 12.4 Å². The number of hydrogen-bond donors (Lipinski definition) is 0. The van der Waals surface area contributed by atoms with Crippen molar-refractivity contribution in [3.05, 3.63) is 71.8 Å². The summed E-state index contributed by atoms with van der Waals surface area (Å²) in [7, 11) is 0. The Bertz CT molecular complexity index is 484. The van der Waals surface area contributed by atoms with Crippen LogP contribution in [-0.2, 0) is 13.1 Å². The van der Waals surface area contributed by atoms with E-state index < -0.39 is 0 Å². The van der Waals surface area contributed by atoms with Gasteiger partial charge in [0.2, 0.25) is 0 Å². The summed E-state index contributed by atoms with van der Waals surface area (Å²) >= 11 is 0. The highest BCUT2D eigenvalue weighted by atomic mass is 35.5. The second kappa shape index (κ2) is 10.4. The Morgan fingerprint density at radius 1 is 0.696 bits per heavy atom. The van der Waals surface area contributed by atoms with E-state index in [4.69, 9.17) is 0 Å². The molecular weight excluding hydrogens is 304 g/mol. The lowest BCUT2D eigenvalue weighted by Crippen LogP contribution is -2.45. The van der Waals surface area contributed by atoms with Crippen LogP contribution in [0.3, 0.4) is 0 Å². The smallest absolute Gasteiger partial charge is 0.0599 e. The first-order valence-corrected chi connectivity index (χ1v) is 8.30. The van der Waals surface area contributed by atoms with E-state index in [0.29, 0.717) is 6.17 Å². The van der Waals surface area contributed by atoms with E-state index in [1.165, 1.54) is 11.1 Å². The third kappa shape index (κ3) is 5.98. The van der Waals surface area contributed by atoms with Crippen molar-refractivity contribution in [3.8, 4) is 0 Å². The summed E-state index contributed by atoms with van der Waals surface area (Å²) in [5.41, 5.74) is 2.75. The molecule has 3 heteroatoms. The molecule has 0 amide bonds. The first-order valence-electron chi connectivity index (χ1n) is 8.30. The van der Waals surface area contributed by atoms with Crippen LogP contribution in [0.5, 0.6) is 0 Å². The topological polar surface area (TPSA) is 6.48 Å². The van der Waals surface area contributed by atoms with Crippen LogP contribution in [0.4, 0.5) is 0 Å². The van der Waals surface area contributed by atoms with Gasteiger partial charge in [-0.15, -0.1) is 12.4 Å². The Morgan fingerprint density at radius 2 is 1.09 bits per heavy atom. The number of hydrogen-bond acceptors (Lipinski definition) is 2. The molecule has 0 spiro atoms. The predicted octanol–water partition coefficient (Wildman–Crippen LogP) is 4.80. The van der Waals surface area contributed by atoms with Crippen LogP contribution in [0.25, 0.3) is 0 Å². The lowest BCUT2D eigenvalue weighted by molar-refractivity contribution is 0.0498. The van der Waals surface area contributed by atoms with Crippen molar-refractivity contribution < 1.29 is 0 Å². The maximum Gasteiger partial charge on any atom is 0.0599 e. The number of halogens is 1. The summed E-state index contributed by atoms with van der Waals surface area (Å²) in [4.78, 5) is 5.06. The van der Waals surface area contributed by atoms with Crippen molar-refractivity contribution in [1.29, 1.82) is 0 Å². The Labute approximate surface area is 147 Å². The lowest BCUT2D eigenvalue weighted by atomic mass is 10.1. The number of benzene rings is 2. The van der Waals surface area contributed by atoms with E-state index in [-0.39, 0.29) is 12.4 Å². The summed E-state index contributed by atoms with van der Waals surface area (Å²) in [6.45, 7) is 10.9. The van der Waals surface area contributed by atoms with Gasteiger partial charge in [-0.05, 0) is 31.1 Å². The molecule has 0 fully saturated rings. The molecule has 0 aromatic heterocycles. The van der Waals surface area contributed by atoms with Gasteiger partial charge >= 0.3 is 0 Å². The van der Waals surface area contributed by atoms with E-state index in [9.17, 15) is 0 Å². The molecule has 126 valence electrons. The highest BCUT2D eigenvalue weighted by Crippen LogP contribution is 2.15. The maximum atomic E-state index is 2.55. The SMILES string of the molecule is CCN(CC)C(C)N(Cc1ccccc1)Cc1ccccc1.Cl. The number of rotatable bonds is 8. The van der Waals surface area contributed by atoms with E-state index in [1.807, 2.05) is 0 Å². The van der Waals surface area contributed by atoms with Crippen molar-refractivity contribution in [2.24, 2.45) is 0 Å². The second-order valence-corrected chi connectivity index (χ2v) is 5.73. The molecule has 23 heavy (non-hydrogen) atoms. The molecule has 0 radical (unpaired) electrons. The molecule has 0 saturated heterocycles. The normalized spacial score (nSPS) is 12.2. The fraction of sp³-hybridized carbons (Fsp3) is 0.400. The Morgan fingerprint density at radius 3 is 1.43 bits per heavy atom. The third-order valence-corrected chi connectivity index (χ3v) is 4.33. The van der Waals surface area contributed by atoms with Crippen LogP contribution >= 0.6 is 12.4 Å². The highest BCUT2D eigenvalue weighted by molar-refractivity contribution is 5.85. The average Bonchev–Trinajstić information content (AvgIpc) is 2.57. The van der Waals surface area contributed by atoms with E-state index in [2.05, 4.69) is 91.2 Å². The summed E-state index contributed by atoms with van der Waals surface area (Å²) < 4.78 is 0. The van der Waals surface area contributed by atoms with E-state index in [0.717, 1.165) is 26.2 Å². The van der Waals surface area contributed by atoms with Gasteiger partial charge in [0.1, 0.15) is 0 Å². The van der Waals surface area contributed by atoms with Crippen LogP contribution in [0.1, 0.15) is 31.9 Å². The van der Waals surface area contributed by atoms with E-state index >= 15 is 0 Å². The van der Waals surface area contributed by atoms with Gasteiger partial charge in [0.05, 0.1) is 6.17 Å². The van der Waals surface area contributed by atoms with Gasteiger partial charge in [-0.2, -0.15) is 0 Å². The molecule has 2 aromatic carbocycles. The summed E-state index contributed by atoms with van der Waals surface area (Å²) in [5.74, 6) is 0. The van der Waals surface area contributed by atoms with E-state index in [1.54, 1.807) is 0 Å². The van der Waals surface area contributed by atoms with Gasteiger partial charge < -0.3 is 0 Å². The van der Waals surface area contributed by atoms with Crippen LogP contribution in [-0.4, -0.2) is 29.1 Å². The van der Waals surface area contributed by atoms with Crippen LogP contribution in [0.2, 0.25) is 0 Å². The molecule has 0 aliphatic heterocycles. The molecule has 0 bridgehead atoms. The highest BCUT2D eigenvalue weighted by Gasteiger charge is 2.19. The zero-order valence-corrected chi connectivity index (χ0v) is 15.3. The molecule has 0 aliphatic rings.